The Bertz CT molecular complexity index is 2110. The number of amides is 4. The molecule has 2 aliphatic heterocycles. The lowest BCUT2D eigenvalue weighted by atomic mass is 10.0. The molecule has 0 spiro atoms. The maximum absolute atomic E-state index is 13.9. The van der Waals surface area contributed by atoms with Gasteiger partial charge in [-0.3, -0.25) is 9.59 Å². The minimum Gasteiger partial charge on any atom is -0.453 e. The van der Waals surface area contributed by atoms with Crippen LogP contribution in [0.4, 0.5) is 9.59 Å². The molecule has 7 rings (SSSR count). The van der Waals surface area contributed by atoms with Crippen molar-refractivity contribution in [3.05, 3.63) is 85.2 Å². The zero-order chi connectivity index (χ0) is 40.5. The van der Waals surface area contributed by atoms with Gasteiger partial charge < -0.3 is 39.9 Å². The van der Waals surface area contributed by atoms with Crippen LogP contribution in [0.3, 0.4) is 0 Å². The monoisotopic (exact) mass is 776 g/mol. The molecule has 4 aromatic rings. The first-order valence-electron chi connectivity index (χ1n) is 19.7. The van der Waals surface area contributed by atoms with Crippen LogP contribution in [-0.2, 0) is 19.1 Å². The Morgan fingerprint density at radius 3 is 1.61 bits per heavy atom. The minimum absolute atomic E-state index is 0.101. The number of hydrogen-bond donors (Lipinski definition) is 4. The predicted octanol–water partition coefficient (Wildman–Crippen LogP) is 6.78. The first-order valence-corrected chi connectivity index (χ1v) is 19.7. The summed E-state index contributed by atoms with van der Waals surface area (Å²) < 4.78 is 9.58. The number of nitrogens with one attached hydrogen (secondary N) is 4. The summed E-state index contributed by atoms with van der Waals surface area (Å²) in [5, 5.41) is 5.44. The van der Waals surface area contributed by atoms with Gasteiger partial charge in [0.1, 0.15) is 23.7 Å². The van der Waals surface area contributed by atoms with Crippen molar-refractivity contribution < 1.29 is 28.7 Å². The van der Waals surface area contributed by atoms with Crippen molar-refractivity contribution in [2.24, 2.45) is 17.8 Å². The van der Waals surface area contributed by atoms with Crippen LogP contribution in [0.25, 0.3) is 33.6 Å². The summed E-state index contributed by atoms with van der Waals surface area (Å²) in [6, 6.07) is 14.6. The van der Waals surface area contributed by atoms with E-state index in [1.54, 1.807) is 17.2 Å². The Labute approximate surface area is 332 Å². The molecule has 57 heavy (non-hydrogen) atoms. The van der Waals surface area contributed by atoms with E-state index >= 15 is 0 Å². The van der Waals surface area contributed by atoms with Crippen LogP contribution < -0.4 is 10.6 Å². The van der Waals surface area contributed by atoms with E-state index in [4.69, 9.17) is 19.4 Å². The smallest absolute Gasteiger partial charge is 0.407 e. The van der Waals surface area contributed by atoms with Crippen LogP contribution in [0.15, 0.2) is 73.6 Å². The third-order valence-electron chi connectivity index (χ3n) is 11.6. The lowest BCUT2D eigenvalue weighted by Gasteiger charge is -2.33. The van der Waals surface area contributed by atoms with Crippen molar-refractivity contribution in [2.45, 2.75) is 89.6 Å². The Morgan fingerprint density at radius 1 is 0.702 bits per heavy atom. The summed E-state index contributed by atoms with van der Waals surface area (Å²) in [4.78, 5) is 71.8. The van der Waals surface area contributed by atoms with Crippen LogP contribution in [-0.4, -0.2) is 92.1 Å². The molecular formula is C43H52N8O6. The van der Waals surface area contributed by atoms with Gasteiger partial charge in [-0.25, -0.2) is 19.6 Å². The first-order chi connectivity index (χ1) is 27.4. The molecule has 2 aromatic carbocycles. The highest BCUT2D eigenvalue weighted by Gasteiger charge is 2.56. The van der Waals surface area contributed by atoms with E-state index in [1.165, 1.54) is 14.2 Å². The molecule has 1 aliphatic carbocycles. The number of likely N-dealkylation sites (tertiary alicyclic amines) is 2. The van der Waals surface area contributed by atoms with Crippen LogP contribution in [0.2, 0.25) is 0 Å². The molecule has 3 fully saturated rings. The predicted molar refractivity (Wildman–Crippen MR) is 214 cm³/mol. The number of hydrogen-bond acceptors (Lipinski definition) is 8. The van der Waals surface area contributed by atoms with E-state index in [1.807, 2.05) is 50.9 Å². The summed E-state index contributed by atoms with van der Waals surface area (Å²) in [5.41, 5.74) is 5.74. The van der Waals surface area contributed by atoms with Gasteiger partial charge in [-0.1, -0.05) is 82.3 Å². The van der Waals surface area contributed by atoms with Crippen molar-refractivity contribution >= 4 is 24.0 Å². The Morgan fingerprint density at radius 2 is 1.16 bits per heavy atom. The fourth-order valence-corrected chi connectivity index (χ4v) is 8.38. The minimum atomic E-state index is -0.749. The number of methoxy groups -OCH3 is 2. The molecule has 1 saturated carbocycles. The number of nitrogens with zero attached hydrogens (tertiary/aromatic N) is 4. The summed E-state index contributed by atoms with van der Waals surface area (Å²) in [5.74, 6) is 1.32. The number of alkyl carbamates (subject to hydrolysis) is 2. The van der Waals surface area contributed by atoms with Gasteiger partial charge in [0.15, 0.2) is 0 Å². The number of fused-ring (bicyclic) bond motifs is 1. The fourth-order valence-electron chi connectivity index (χ4n) is 8.38. The molecule has 0 bridgehead atoms. The summed E-state index contributed by atoms with van der Waals surface area (Å²) in [7, 11) is 2.58. The van der Waals surface area contributed by atoms with Crippen LogP contribution >= 0.6 is 0 Å². The highest BCUT2D eigenvalue weighted by atomic mass is 16.5. The highest BCUT2D eigenvalue weighted by molar-refractivity contribution is 5.88. The van der Waals surface area contributed by atoms with Gasteiger partial charge in [0.2, 0.25) is 11.8 Å². The number of aromatic amines is 2. The van der Waals surface area contributed by atoms with Gasteiger partial charge >= 0.3 is 12.2 Å². The molecule has 3 unspecified atom stereocenters. The van der Waals surface area contributed by atoms with Gasteiger partial charge in [-0.05, 0) is 65.7 Å². The number of aromatic nitrogens is 4. The van der Waals surface area contributed by atoms with Crippen LogP contribution in [0, 0.1) is 17.8 Å². The number of piperidine rings is 1. The third kappa shape index (κ3) is 7.90. The summed E-state index contributed by atoms with van der Waals surface area (Å²) in [6.07, 6.45) is 7.39. The average Bonchev–Trinajstić information content (AvgIpc) is 3.73. The molecular weight excluding hydrogens is 725 g/mol. The normalized spacial score (nSPS) is 22.2. The number of carbonyl (C=O) groups is 4. The Balaban J connectivity index is 1.02. The van der Waals surface area contributed by atoms with Crippen molar-refractivity contribution in [1.29, 1.82) is 0 Å². The molecule has 2 saturated heterocycles. The molecule has 0 radical (unpaired) electrons. The van der Waals surface area contributed by atoms with E-state index in [0.29, 0.717) is 18.2 Å². The number of rotatable bonds is 12. The number of benzene rings is 2. The topological polar surface area (TPSA) is 175 Å². The quantitative estimate of drug-likeness (QED) is 0.114. The molecule has 14 nitrogen and oxygen atoms in total. The highest BCUT2D eigenvalue weighted by Crippen LogP contribution is 2.53. The maximum Gasteiger partial charge on any atom is 0.407 e. The van der Waals surface area contributed by atoms with Gasteiger partial charge in [0, 0.05) is 6.04 Å². The summed E-state index contributed by atoms with van der Waals surface area (Å²) >= 11 is 0. The third-order valence-corrected chi connectivity index (χ3v) is 11.6. The fraction of sp³-hybridized carbons (Fsp3) is 0.442. The van der Waals surface area contributed by atoms with Crippen molar-refractivity contribution in [1.82, 2.24) is 40.4 Å². The second kappa shape index (κ2) is 16.3. The van der Waals surface area contributed by atoms with E-state index in [0.717, 1.165) is 58.7 Å². The molecule has 4 N–H and O–H groups in total. The molecule has 7 atom stereocenters. The molecule has 3 aliphatic rings. The zero-order valence-corrected chi connectivity index (χ0v) is 33.3. The molecule has 300 valence electrons. The van der Waals surface area contributed by atoms with E-state index in [9.17, 15) is 19.2 Å². The lowest BCUT2D eigenvalue weighted by Crippen LogP contribution is -2.52. The van der Waals surface area contributed by atoms with Gasteiger partial charge in [-0.2, -0.15) is 0 Å². The van der Waals surface area contributed by atoms with Crippen molar-refractivity contribution in [2.75, 3.05) is 14.2 Å². The second-order valence-corrected chi connectivity index (χ2v) is 15.9. The van der Waals surface area contributed by atoms with Crippen molar-refractivity contribution in [3.63, 3.8) is 0 Å². The summed E-state index contributed by atoms with van der Waals surface area (Å²) in [6.45, 7) is 11.6. The average molecular weight is 777 g/mol. The van der Waals surface area contributed by atoms with E-state index in [2.05, 4.69) is 63.6 Å². The van der Waals surface area contributed by atoms with E-state index < -0.39 is 24.3 Å². The van der Waals surface area contributed by atoms with Crippen LogP contribution in [0.1, 0.15) is 77.1 Å². The lowest BCUT2D eigenvalue weighted by molar-refractivity contribution is -0.137. The standard InChI is InChI=1S/C43H52N8O6/c1-8-30-17-18-33(50(30)40(52)36(23(2)3)48-42(54)56-6)38-44-21-31(46-38)27-13-9-25(10-14-27)26-11-15-28(16-12-26)32-22-45-39(47-32)35-20-29-19-34(29)51(35)41(53)37(24(4)5)49-43(55)57-7/h8-16,21-24,29-30,33-37H,1,17-20H2,2-7H3,(H,44,46)(H,45,47)(H,48,54)(H,49,55)/t29-,30-,33?,34?,35?,36+,37+/m1/s1. The zero-order valence-electron chi connectivity index (χ0n) is 33.3. The largest absolute Gasteiger partial charge is 0.453 e. The first kappa shape index (κ1) is 39.3. The van der Waals surface area contributed by atoms with Gasteiger partial charge in [0.05, 0.1) is 56.1 Å². The van der Waals surface area contributed by atoms with Gasteiger partial charge in [0.25, 0.3) is 0 Å². The number of carbonyl (C=O) groups excluding carboxylic acids is 4. The SMILES string of the molecule is C=C[C@@H]1CCC(c2ncc(-c3ccc(-c4ccc(-c5cnc(C6C[C@H]7CC7N6C(=O)[C@@H](NC(=O)OC)C(C)C)[nH]5)cc4)cc3)[nH]2)N1C(=O)[C@@H](NC(=O)OC)C(C)C. The van der Waals surface area contributed by atoms with E-state index in [-0.39, 0.29) is 47.8 Å². The number of imidazole rings is 2. The maximum atomic E-state index is 13.9. The number of ether oxygens (including phenoxy) is 2. The van der Waals surface area contributed by atoms with Gasteiger partial charge in [-0.15, -0.1) is 6.58 Å². The Kier molecular flexibility index (Phi) is 11.2. The molecule has 2 aromatic heterocycles. The number of H-pyrrole nitrogens is 2. The molecule has 4 amide bonds. The van der Waals surface area contributed by atoms with Crippen LogP contribution in [0.5, 0.6) is 0 Å². The van der Waals surface area contributed by atoms with Crippen molar-refractivity contribution in [3.8, 4) is 33.6 Å². The molecule has 4 heterocycles. The Hall–Kier alpha value is -5.92. The molecule has 14 heteroatoms. The second-order valence-electron chi connectivity index (χ2n) is 15.9.